The smallest absolute Gasteiger partial charge is 0.245 e. The van der Waals surface area contributed by atoms with Gasteiger partial charge in [-0.3, -0.25) is 14.5 Å². The van der Waals surface area contributed by atoms with Gasteiger partial charge in [0.15, 0.2) is 5.82 Å². The number of aryl methyl sites for hydroxylation is 2. The molecule has 3 heterocycles. The second-order valence-corrected chi connectivity index (χ2v) is 5.88. The third kappa shape index (κ3) is 2.95. The minimum atomic E-state index is 0.118. The molecular formula is C13H19ClN6O. The van der Waals surface area contributed by atoms with E-state index >= 15 is 0 Å². The Morgan fingerprint density at radius 1 is 1.38 bits per heavy atom. The number of likely N-dealkylation sites (N-methyl/N-ethyl adjacent to an activating group) is 1. The first-order valence-electron chi connectivity index (χ1n) is 6.93. The molecule has 0 aromatic carbocycles. The summed E-state index contributed by atoms with van der Waals surface area (Å²) in [5.74, 6) is 1.35. The van der Waals surface area contributed by atoms with Crippen molar-refractivity contribution in [1.82, 2.24) is 29.7 Å². The zero-order valence-corrected chi connectivity index (χ0v) is 13.2. The molecule has 3 rings (SSSR count). The van der Waals surface area contributed by atoms with Crippen LogP contribution in [0.3, 0.4) is 0 Å². The van der Waals surface area contributed by atoms with Crippen molar-refractivity contribution < 1.29 is 4.52 Å². The molecule has 1 fully saturated rings. The molecule has 0 bridgehead atoms. The zero-order valence-electron chi connectivity index (χ0n) is 12.5. The molecule has 21 heavy (non-hydrogen) atoms. The molecule has 7 nitrogen and oxygen atoms in total. The van der Waals surface area contributed by atoms with Crippen molar-refractivity contribution in [2.75, 3.05) is 26.7 Å². The Labute approximate surface area is 128 Å². The Bertz CT molecular complexity index is 604. The minimum absolute atomic E-state index is 0.118. The lowest BCUT2D eigenvalue weighted by Crippen LogP contribution is -2.46. The van der Waals surface area contributed by atoms with Crippen LogP contribution in [0.4, 0.5) is 0 Å². The van der Waals surface area contributed by atoms with Crippen molar-refractivity contribution in [3.05, 3.63) is 28.6 Å². The van der Waals surface area contributed by atoms with E-state index in [1.807, 2.05) is 18.7 Å². The van der Waals surface area contributed by atoms with Crippen molar-refractivity contribution in [2.24, 2.45) is 7.05 Å². The second kappa shape index (κ2) is 5.75. The van der Waals surface area contributed by atoms with E-state index in [0.717, 1.165) is 31.9 Å². The SMILES string of the molecule is Cc1noc(C2CN(Cc3c(Cl)cnn3C)CCN2C)n1. The number of aromatic nitrogens is 4. The molecule has 2 aromatic rings. The molecule has 0 amide bonds. The van der Waals surface area contributed by atoms with Gasteiger partial charge in [-0.2, -0.15) is 10.1 Å². The standard InChI is InChI=1S/C13H19ClN6O/c1-9-16-13(21-17-9)12-8-20(5-4-18(12)2)7-11-10(14)6-15-19(11)3/h6,12H,4-5,7-8H2,1-3H3. The van der Waals surface area contributed by atoms with Gasteiger partial charge in [0.05, 0.1) is 16.9 Å². The van der Waals surface area contributed by atoms with Gasteiger partial charge in [0.2, 0.25) is 5.89 Å². The van der Waals surface area contributed by atoms with Gasteiger partial charge in [-0.1, -0.05) is 16.8 Å². The van der Waals surface area contributed by atoms with Gasteiger partial charge in [-0.25, -0.2) is 0 Å². The molecule has 0 radical (unpaired) electrons. The average Bonchev–Trinajstić information content (AvgIpc) is 3.01. The fourth-order valence-corrected chi connectivity index (χ4v) is 2.84. The second-order valence-electron chi connectivity index (χ2n) is 5.47. The first-order chi connectivity index (χ1) is 10.0. The predicted octanol–water partition coefficient (Wildman–Crippen LogP) is 1.25. The summed E-state index contributed by atoms with van der Waals surface area (Å²) in [7, 11) is 3.99. The van der Waals surface area contributed by atoms with Crippen LogP contribution in [0.2, 0.25) is 5.02 Å². The third-order valence-corrected chi connectivity index (χ3v) is 4.26. The average molecular weight is 311 g/mol. The van der Waals surface area contributed by atoms with E-state index in [1.54, 1.807) is 6.20 Å². The Morgan fingerprint density at radius 2 is 2.19 bits per heavy atom. The molecule has 1 aliphatic heterocycles. The number of rotatable bonds is 3. The highest BCUT2D eigenvalue weighted by atomic mass is 35.5. The summed E-state index contributed by atoms with van der Waals surface area (Å²) < 4.78 is 7.16. The van der Waals surface area contributed by atoms with Crippen LogP contribution in [0.15, 0.2) is 10.7 Å². The van der Waals surface area contributed by atoms with Gasteiger partial charge in [-0.15, -0.1) is 0 Å². The summed E-state index contributed by atoms with van der Waals surface area (Å²) in [6.07, 6.45) is 1.69. The third-order valence-electron chi connectivity index (χ3n) is 3.94. The summed E-state index contributed by atoms with van der Waals surface area (Å²) in [4.78, 5) is 8.95. The van der Waals surface area contributed by atoms with Crippen LogP contribution >= 0.6 is 11.6 Å². The topological polar surface area (TPSA) is 63.2 Å². The summed E-state index contributed by atoms with van der Waals surface area (Å²) >= 11 is 6.19. The number of hydrogen-bond donors (Lipinski definition) is 0. The Hall–Kier alpha value is -1.44. The summed E-state index contributed by atoms with van der Waals surface area (Å²) in [6, 6.07) is 0.118. The van der Waals surface area contributed by atoms with E-state index in [9.17, 15) is 0 Å². The van der Waals surface area contributed by atoms with Crippen LogP contribution in [0.1, 0.15) is 23.5 Å². The van der Waals surface area contributed by atoms with Crippen LogP contribution in [0, 0.1) is 6.92 Å². The predicted molar refractivity (Wildman–Crippen MR) is 77.9 cm³/mol. The highest BCUT2D eigenvalue weighted by Gasteiger charge is 2.30. The molecule has 8 heteroatoms. The molecule has 0 N–H and O–H groups in total. The van der Waals surface area contributed by atoms with E-state index in [-0.39, 0.29) is 6.04 Å². The van der Waals surface area contributed by atoms with Crippen molar-refractivity contribution in [3.8, 4) is 0 Å². The van der Waals surface area contributed by atoms with E-state index in [4.69, 9.17) is 16.1 Å². The quantitative estimate of drug-likeness (QED) is 0.850. The Morgan fingerprint density at radius 3 is 2.81 bits per heavy atom. The number of halogens is 1. The molecule has 114 valence electrons. The highest BCUT2D eigenvalue weighted by Crippen LogP contribution is 2.25. The summed E-state index contributed by atoms with van der Waals surface area (Å²) in [5.41, 5.74) is 1.03. The van der Waals surface area contributed by atoms with E-state index in [1.165, 1.54) is 0 Å². The maximum atomic E-state index is 6.19. The van der Waals surface area contributed by atoms with Gasteiger partial charge in [-0.05, 0) is 14.0 Å². The van der Waals surface area contributed by atoms with Gasteiger partial charge in [0, 0.05) is 33.2 Å². The normalized spacial score (nSPS) is 21.0. The molecule has 2 aromatic heterocycles. The Kier molecular flexibility index (Phi) is 3.97. The van der Waals surface area contributed by atoms with Crippen molar-refractivity contribution >= 4 is 11.6 Å². The van der Waals surface area contributed by atoms with Crippen molar-refractivity contribution in [1.29, 1.82) is 0 Å². The number of piperazine rings is 1. The van der Waals surface area contributed by atoms with Crippen LogP contribution < -0.4 is 0 Å². The maximum Gasteiger partial charge on any atom is 0.245 e. The monoisotopic (exact) mass is 310 g/mol. The largest absolute Gasteiger partial charge is 0.338 e. The summed E-state index contributed by atoms with van der Waals surface area (Å²) in [6.45, 7) is 5.36. The minimum Gasteiger partial charge on any atom is -0.338 e. The van der Waals surface area contributed by atoms with Gasteiger partial charge in [0.25, 0.3) is 0 Å². The van der Waals surface area contributed by atoms with E-state index in [2.05, 4.69) is 32.1 Å². The summed E-state index contributed by atoms with van der Waals surface area (Å²) in [5, 5.41) is 8.78. The first-order valence-corrected chi connectivity index (χ1v) is 7.31. The first kappa shape index (κ1) is 14.5. The lowest BCUT2D eigenvalue weighted by molar-refractivity contribution is 0.0700. The highest BCUT2D eigenvalue weighted by molar-refractivity contribution is 6.31. The molecule has 1 unspecified atom stereocenters. The van der Waals surface area contributed by atoms with E-state index < -0.39 is 0 Å². The van der Waals surface area contributed by atoms with Crippen molar-refractivity contribution in [2.45, 2.75) is 19.5 Å². The maximum absolute atomic E-state index is 6.19. The van der Waals surface area contributed by atoms with Gasteiger partial charge in [0.1, 0.15) is 6.04 Å². The zero-order chi connectivity index (χ0) is 15.0. The molecule has 1 atom stereocenters. The molecule has 0 saturated carbocycles. The van der Waals surface area contributed by atoms with Crippen LogP contribution in [-0.2, 0) is 13.6 Å². The Balaban J connectivity index is 1.74. The number of hydrogen-bond acceptors (Lipinski definition) is 6. The molecule has 1 aliphatic rings. The van der Waals surface area contributed by atoms with Crippen molar-refractivity contribution in [3.63, 3.8) is 0 Å². The molecular weight excluding hydrogens is 292 g/mol. The fraction of sp³-hybridized carbons (Fsp3) is 0.615. The molecule has 0 spiro atoms. The fourth-order valence-electron chi connectivity index (χ4n) is 2.61. The molecule has 0 aliphatic carbocycles. The van der Waals surface area contributed by atoms with E-state index in [0.29, 0.717) is 16.7 Å². The number of nitrogens with zero attached hydrogens (tertiary/aromatic N) is 6. The lowest BCUT2D eigenvalue weighted by Gasteiger charge is -2.37. The van der Waals surface area contributed by atoms with Crippen LogP contribution in [-0.4, -0.2) is 56.4 Å². The van der Waals surface area contributed by atoms with Gasteiger partial charge >= 0.3 is 0 Å². The van der Waals surface area contributed by atoms with Crippen LogP contribution in [0.25, 0.3) is 0 Å². The lowest BCUT2D eigenvalue weighted by atomic mass is 10.1. The van der Waals surface area contributed by atoms with Gasteiger partial charge < -0.3 is 4.52 Å². The van der Waals surface area contributed by atoms with Crippen LogP contribution in [0.5, 0.6) is 0 Å². The molecule has 1 saturated heterocycles.